The highest BCUT2D eigenvalue weighted by molar-refractivity contribution is 7.98. The number of quaternary nitrogens is 1. The van der Waals surface area contributed by atoms with Crippen molar-refractivity contribution < 1.29 is 10.5 Å². The first kappa shape index (κ1) is 12.7. The minimum atomic E-state index is 0.739. The van der Waals surface area contributed by atoms with Gasteiger partial charge in [-0.05, 0) is 37.1 Å². The van der Waals surface area contributed by atoms with E-state index in [1.165, 1.54) is 17.7 Å². The predicted molar refractivity (Wildman–Crippen MR) is 72.8 cm³/mol. The minimum absolute atomic E-state index is 0.739. The molecular formula is C13H21N2OS+. The molecule has 0 amide bonds. The van der Waals surface area contributed by atoms with E-state index in [-0.39, 0.29) is 0 Å². The third-order valence-electron chi connectivity index (χ3n) is 3.23. The van der Waals surface area contributed by atoms with E-state index in [4.69, 9.17) is 4.74 Å². The summed E-state index contributed by atoms with van der Waals surface area (Å²) in [5.41, 5.74) is 6.34. The molecule has 1 saturated heterocycles. The van der Waals surface area contributed by atoms with Crippen molar-refractivity contribution in [1.29, 1.82) is 0 Å². The summed E-state index contributed by atoms with van der Waals surface area (Å²) in [6.45, 7) is 2.86. The van der Waals surface area contributed by atoms with Crippen molar-refractivity contribution in [3.05, 3.63) is 18.2 Å². The van der Waals surface area contributed by atoms with Gasteiger partial charge in [0.1, 0.15) is 0 Å². The number of nitrogens with one attached hydrogen (secondary N) is 1. The smallest absolute Gasteiger partial charge is 0.152 e. The predicted octanol–water partition coefficient (Wildman–Crippen LogP) is 2.12. The second kappa shape index (κ2) is 6.28. The average molecular weight is 253 g/mol. The Balaban J connectivity index is 1.89. The van der Waals surface area contributed by atoms with Crippen molar-refractivity contribution in [3.8, 4) is 0 Å². The summed E-state index contributed by atoms with van der Waals surface area (Å²) in [7, 11) is 0. The second-order valence-corrected chi connectivity index (χ2v) is 5.34. The van der Waals surface area contributed by atoms with Crippen LogP contribution in [0.4, 0.5) is 11.4 Å². The Morgan fingerprint density at radius 1 is 1.41 bits per heavy atom. The maximum atomic E-state index is 5.36. The first-order valence-electron chi connectivity index (χ1n) is 6.11. The number of hydrogen-bond donors (Lipinski definition) is 2. The van der Waals surface area contributed by atoms with Crippen molar-refractivity contribution in [1.82, 2.24) is 0 Å². The maximum absolute atomic E-state index is 5.36. The molecule has 0 unspecified atom stereocenters. The molecule has 1 aliphatic rings. The molecule has 2 rings (SSSR count). The van der Waals surface area contributed by atoms with Gasteiger partial charge in [-0.15, -0.1) is 11.8 Å². The van der Waals surface area contributed by atoms with Crippen molar-refractivity contribution in [2.75, 3.05) is 31.3 Å². The van der Waals surface area contributed by atoms with Gasteiger partial charge in [-0.25, -0.2) is 0 Å². The van der Waals surface area contributed by atoms with Gasteiger partial charge in [0.05, 0.1) is 5.69 Å². The standard InChI is InChI=1S/C13H20N2OS/c1-17-11-2-3-13(12(14)8-11)15-9-10-4-6-16-7-5-10/h2-3,8,10,15H,4-7,9,14H2,1H3/p+1. The fourth-order valence-corrected chi connectivity index (χ4v) is 2.54. The van der Waals surface area contributed by atoms with Crippen molar-refractivity contribution in [2.24, 2.45) is 5.92 Å². The minimum Gasteiger partial charge on any atom is -0.381 e. The zero-order valence-corrected chi connectivity index (χ0v) is 11.2. The summed E-state index contributed by atoms with van der Waals surface area (Å²) >= 11 is 1.75. The van der Waals surface area contributed by atoms with Crippen LogP contribution in [-0.2, 0) is 4.74 Å². The molecule has 0 radical (unpaired) electrons. The molecule has 1 aromatic rings. The Morgan fingerprint density at radius 3 is 2.82 bits per heavy atom. The van der Waals surface area contributed by atoms with E-state index < -0.39 is 0 Å². The van der Waals surface area contributed by atoms with Crippen LogP contribution in [0.5, 0.6) is 0 Å². The maximum Gasteiger partial charge on any atom is 0.152 e. The van der Waals surface area contributed by atoms with Crippen molar-refractivity contribution in [3.63, 3.8) is 0 Å². The van der Waals surface area contributed by atoms with E-state index in [2.05, 4.69) is 35.5 Å². The highest BCUT2D eigenvalue weighted by Gasteiger charge is 2.14. The Bertz CT molecular complexity index is 364. The second-order valence-electron chi connectivity index (χ2n) is 4.46. The highest BCUT2D eigenvalue weighted by atomic mass is 32.2. The van der Waals surface area contributed by atoms with Crippen LogP contribution >= 0.6 is 11.8 Å². The van der Waals surface area contributed by atoms with Crippen LogP contribution in [-0.4, -0.2) is 26.0 Å². The lowest BCUT2D eigenvalue weighted by molar-refractivity contribution is -0.253. The first-order valence-corrected chi connectivity index (χ1v) is 7.33. The molecule has 0 atom stereocenters. The van der Waals surface area contributed by atoms with Crippen LogP contribution in [0.25, 0.3) is 0 Å². The number of anilines is 1. The molecule has 0 saturated carbocycles. The average Bonchev–Trinajstić information content (AvgIpc) is 2.38. The van der Waals surface area contributed by atoms with E-state index in [1.807, 2.05) is 0 Å². The molecule has 0 aromatic heterocycles. The van der Waals surface area contributed by atoms with Crippen LogP contribution in [0.3, 0.4) is 0 Å². The van der Waals surface area contributed by atoms with Crippen LogP contribution in [0.15, 0.2) is 23.1 Å². The number of rotatable bonds is 4. The zero-order chi connectivity index (χ0) is 12.1. The molecule has 0 bridgehead atoms. The number of thioether (sulfide) groups is 1. The number of ether oxygens (including phenoxy) is 1. The summed E-state index contributed by atoms with van der Waals surface area (Å²) in [5, 5.41) is 3.51. The topological polar surface area (TPSA) is 48.9 Å². The van der Waals surface area contributed by atoms with Crippen molar-refractivity contribution in [2.45, 2.75) is 17.7 Å². The number of hydrogen-bond acceptors (Lipinski definition) is 3. The van der Waals surface area contributed by atoms with Gasteiger partial charge in [0.2, 0.25) is 0 Å². The molecule has 4 N–H and O–H groups in total. The van der Waals surface area contributed by atoms with Gasteiger partial charge in [-0.3, -0.25) is 0 Å². The molecule has 4 heteroatoms. The van der Waals surface area contributed by atoms with E-state index in [1.54, 1.807) is 11.8 Å². The van der Waals surface area contributed by atoms with Gasteiger partial charge >= 0.3 is 0 Å². The summed E-state index contributed by atoms with van der Waals surface area (Å²) in [6, 6.07) is 6.41. The Labute approximate surface area is 107 Å². The zero-order valence-electron chi connectivity index (χ0n) is 10.4. The Kier molecular flexibility index (Phi) is 4.71. The normalized spacial score (nSPS) is 17.1. The molecule has 1 aliphatic heterocycles. The molecule has 1 aromatic carbocycles. The first-order chi connectivity index (χ1) is 8.29. The summed E-state index contributed by atoms with van der Waals surface area (Å²) in [5.74, 6) is 0.739. The third-order valence-corrected chi connectivity index (χ3v) is 3.96. The lowest BCUT2D eigenvalue weighted by atomic mass is 10.0. The van der Waals surface area contributed by atoms with Crippen LogP contribution in [0.1, 0.15) is 12.8 Å². The quantitative estimate of drug-likeness (QED) is 0.808. The largest absolute Gasteiger partial charge is 0.381 e. The lowest BCUT2D eigenvalue weighted by Crippen LogP contribution is -2.41. The van der Waals surface area contributed by atoms with Crippen LogP contribution in [0, 0.1) is 5.92 Å². The fourth-order valence-electron chi connectivity index (χ4n) is 2.07. The van der Waals surface area contributed by atoms with Crippen LogP contribution < -0.4 is 11.1 Å². The molecule has 0 spiro atoms. The molecule has 3 nitrogen and oxygen atoms in total. The number of benzene rings is 1. The summed E-state index contributed by atoms with van der Waals surface area (Å²) < 4.78 is 5.36. The van der Waals surface area contributed by atoms with Gasteiger partial charge in [0.15, 0.2) is 5.69 Å². The highest BCUT2D eigenvalue weighted by Crippen LogP contribution is 2.24. The van der Waals surface area contributed by atoms with Gasteiger partial charge in [0.25, 0.3) is 0 Å². The van der Waals surface area contributed by atoms with E-state index >= 15 is 0 Å². The molecule has 94 valence electrons. The van der Waals surface area contributed by atoms with Gasteiger partial charge in [0, 0.05) is 30.7 Å². The summed E-state index contributed by atoms with van der Waals surface area (Å²) in [6.07, 6.45) is 4.43. The lowest BCUT2D eigenvalue weighted by Gasteiger charge is -2.22. The third kappa shape index (κ3) is 3.63. The molecule has 0 aliphatic carbocycles. The fraction of sp³-hybridized carbons (Fsp3) is 0.538. The van der Waals surface area contributed by atoms with Gasteiger partial charge < -0.3 is 15.8 Å². The van der Waals surface area contributed by atoms with Gasteiger partial charge in [-0.1, -0.05) is 0 Å². The van der Waals surface area contributed by atoms with Crippen molar-refractivity contribution >= 4 is 23.1 Å². The monoisotopic (exact) mass is 253 g/mol. The van der Waals surface area contributed by atoms with Gasteiger partial charge in [-0.2, -0.15) is 0 Å². The SMILES string of the molecule is CSc1ccc(NCC2CCOCC2)c([NH3+])c1. The Hall–Kier alpha value is -0.710. The van der Waals surface area contributed by atoms with Crippen LogP contribution in [0.2, 0.25) is 0 Å². The van der Waals surface area contributed by atoms with E-state index in [0.29, 0.717) is 0 Å². The Morgan fingerprint density at radius 2 is 2.18 bits per heavy atom. The van der Waals surface area contributed by atoms with E-state index in [0.717, 1.165) is 37.1 Å². The molecule has 1 heterocycles. The molecule has 1 fully saturated rings. The molecular weight excluding hydrogens is 232 g/mol. The summed E-state index contributed by atoms with van der Waals surface area (Å²) in [4.78, 5) is 1.27. The molecule has 17 heavy (non-hydrogen) atoms. The van der Waals surface area contributed by atoms with E-state index in [9.17, 15) is 0 Å².